The summed E-state index contributed by atoms with van der Waals surface area (Å²) in [5, 5.41) is 3.31. The third-order valence-corrected chi connectivity index (χ3v) is 3.40. The van der Waals surface area contributed by atoms with Gasteiger partial charge in [-0.2, -0.15) is 0 Å². The molecule has 0 radical (unpaired) electrons. The van der Waals surface area contributed by atoms with E-state index in [-0.39, 0.29) is 18.0 Å². The van der Waals surface area contributed by atoms with Gasteiger partial charge in [-0.25, -0.2) is 0 Å². The molecule has 3 heteroatoms. The number of carbonyl (C=O) groups is 1. The second-order valence-corrected chi connectivity index (χ2v) is 5.50. The van der Waals surface area contributed by atoms with Crippen molar-refractivity contribution in [2.24, 2.45) is 11.7 Å². The van der Waals surface area contributed by atoms with Crippen LogP contribution in [0.5, 0.6) is 0 Å². The van der Waals surface area contributed by atoms with Crippen molar-refractivity contribution in [3.63, 3.8) is 0 Å². The third-order valence-electron chi connectivity index (χ3n) is 3.40. The van der Waals surface area contributed by atoms with Crippen LogP contribution in [0.25, 0.3) is 0 Å². The number of carbonyl (C=O) groups excluding carboxylic acids is 1. The normalized spacial score (nSPS) is 14.4. The molecule has 0 heterocycles. The highest BCUT2D eigenvalue weighted by molar-refractivity contribution is 5.79. The van der Waals surface area contributed by atoms with Crippen LogP contribution in [0.2, 0.25) is 0 Å². The van der Waals surface area contributed by atoms with E-state index in [1.54, 1.807) is 0 Å². The maximum atomic E-state index is 11.2. The van der Waals surface area contributed by atoms with Crippen LogP contribution in [0.15, 0.2) is 24.3 Å². The van der Waals surface area contributed by atoms with Crippen LogP contribution >= 0.6 is 0 Å². The molecule has 1 rings (SSSR count). The molecule has 1 aromatic rings. The van der Waals surface area contributed by atoms with Crippen LogP contribution in [0.1, 0.15) is 51.3 Å². The molecule has 1 aromatic carbocycles. The number of aryl methyl sites for hydroxylation is 1. The molecule has 0 aliphatic rings. The molecule has 106 valence electrons. The van der Waals surface area contributed by atoms with E-state index in [0.717, 1.165) is 12.8 Å². The van der Waals surface area contributed by atoms with E-state index in [0.29, 0.717) is 5.92 Å². The van der Waals surface area contributed by atoms with Gasteiger partial charge in [0.25, 0.3) is 0 Å². The van der Waals surface area contributed by atoms with Gasteiger partial charge in [-0.3, -0.25) is 10.1 Å². The maximum absolute atomic E-state index is 11.2. The second-order valence-electron chi connectivity index (χ2n) is 5.50. The van der Waals surface area contributed by atoms with Crippen LogP contribution in [0.3, 0.4) is 0 Å². The summed E-state index contributed by atoms with van der Waals surface area (Å²) in [5.74, 6) is 0.0899. The van der Waals surface area contributed by atoms with E-state index in [1.165, 1.54) is 11.1 Å². The van der Waals surface area contributed by atoms with Gasteiger partial charge >= 0.3 is 0 Å². The topological polar surface area (TPSA) is 55.1 Å². The van der Waals surface area contributed by atoms with Gasteiger partial charge in [-0.1, -0.05) is 51.5 Å². The Morgan fingerprint density at radius 1 is 1.21 bits per heavy atom. The number of amides is 1. The van der Waals surface area contributed by atoms with E-state index in [4.69, 9.17) is 5.73 Å². The van der Waals surface area contributed by atoms with E-state index < -0.39 is 0 Å². The van der Waals surface area contributed by atoms with Crippen molar-refractivity contribution in [1.82, 2.24) is 5.32 Å². The van der Waals surface area contributed by atoms with Crippen LogP contribution in [0, 0.1) is 5.92 Å². The van der Waals surface area contributed by atoms with Crippen molar-refractivity contribution in [2.45, 2.75) is 52.6 Å². The highest BCUT2D eigenvalue weighted by Crippen LogP contribution is 2.23. The fourth-order valence-corrected chi connectivity index (χ4v) is 2.21. The number of nitrogens with two attached hydrogens (primary N) is 1. The summed E-state index contributed by atoms with van der Waals surface area (Å²) in [6, 6.07) is 8.48. The number of primary amides is 1. The van der Waals surface area contributed by atoms with E-state index in [1.807, 2.05) is 6.92 Å². The first kappa shape index (κ1) is 15.7. The van der Waals surface area contributed by atoms with Crippen molar-refractivity contribution < 1.29 is 4.79 Å². The molecule has 0 saturated heterocycles. The Hall–Kier alpha value is -1.35. The van der Waals surface area contributed by atoms with Gasteiger partial charge in [0.2, 0.25) is 5.91 Å². The third kappa shape index (κ3) is 4.67. The largest absolute Gasteiger partial charge is 0.368 e. The number of hydrogen-bond donors (Lipinski definition) is 2. The SMILES string of the molecule is CCCc1ccc([C@@H](N[C@@H](C)C(N)=O)C(C)C)cc1. The Kier molecular flexibility index (Phi) is 6.03. The van der Waals surface area contributed by atoms with Crippen LogP contribution in [0.4, 0.5) is 0 Å². The zero-order valence-corrected chi connectivity index (χ0v) is 12.4. The van der Waals surface area contributed by atoms with Gasteiger partial charge in [-0.05, 0) is 30.4 Å². The number of hydrogen-bond acceptors (Lipinski definition) is 2. The molecule has 0 fully saturated rings. The predicted molar refractivity (Wildman–Crippen MR) is 79.8 cm³/mol. The van der Waals surface area contributed by atoms with Gasteiger partial charge in [-0.15, -0.1) is 0 Å². The number of benzene rings is 1. The summed E-state index contributed by atoms with van der Waals surface area (Å²) in [5.41, 5.74) is 7.89. The molecule has 19 heavy (non-hydrogen) atoms. The van der Waals surface area contributed by atoms with Crippen molar-refractivity contribution in [3.8, 4) is 0 Å². The molecule has 0 bridgehead atoms. The molecule has 0 spiro atoms. The first-order chi connectivity index (χ1) is 8.95. The van der Waals surface area contributed by atoms with Gasteiger partial charge in [0.15, 0.2) is 0 Å². The lowest BCUT2D eigenvalue weighted by molar-refractivity contribution is -0.119. The van der Waals surface area contributed by atoms with Crippen LogP contribution < -0.4 is 11.1 Å². The quantitative estimate of drug-likeness (QED) is 0.794. The van der Waals surface area contributed by atoms with Crippen molar-refractivity contribution >= 4 is 5.91 Å². The Morgan fingerprint density at radius 3 is 2.21 bits per heavy atom. The van der Waals surface area contributed by atoms with Gasteiger partial charge in [0.1, 0.15) is 0 Å². The van der Waals surface area contributed by atoms with Crippen LogP contribution in [-0.4, -0.2) is 11.9 Å². The van der Waals surface area contributed by atoms with Crippen molar-refractivity contribution in [3.05, 3.63) is 35.4 Å². The zero-order valence-electron chi connectivity index (χ0n) is 12.4. The second kappa shape index (κ2) is 7.29. The molecule has 3 N–H and O–H groups in total. The molecule has 0 aliphatic carbocycles. The minimum absolute atomic E-state index is 0.151. The van der Waals surface area contributed by atoms with Crippen LogP contribution in [-0.2, 0) is 11.2 Å². The summed E-state index contributed by atoms with van der Waals surface area (Å²) < 4.78 is 0. The summed E-state index contributed by atoms with van der Waals surface area (Å²) >= 11 is 0. The van der Waals surface area contributed by atoms with Gasteiger partial charge in [0, 0.05) is 6.04 Å². The number of rotatable bonds is 7. The molecule has 0 unspecified atom stereocenters. The fraction of sp³-hybridized carbons (Fsp3) is 0.562. The number of nitrogens with one attached hydrogen (secondary N) is 1. The standard InChI is InChI=1S/C16H26N2O/c1-5-6-13-7-9-14(10-8-13)15(11(2)3)18-12(4)16(17)19/h7-12,15,18H,5-6H2,1-4H3,(H2,17,19)/t12-,15-/m0/s1. The Morgan fingerprint density at radius 2 is 1.79 bits per heavy atom. The molecule has 0 aliphatic heterocycles. The Labute approximate surface area is 116 Å². The summed E-state index contributed by atoms with van der Waals surface area (Å²) in [6.07, 6.45) is 2.27. The van der Waals surface area contributed by atoms with E-state index >= 15 is 0 Å². The van der Waals surface area contributed by atoms with Crippen molar-refractivity contribution in [2.75, 3.05) is 0 Å². The minimum atomic E-state index is -0.317. The average Bonchev–Trinajstić information content (AvgIpc) is 2.36. The lowest BCUT2D eigenvalue weighted by Crippen LogP contribution is -2.42. The summed E-state index contributed by atoms with van der Waals surface area (Å²) in [4.78, 5) is 11.2. The molecular weight excluding hydrogens is 236 g/mol. The molecule has 3 nitrogen and oxygen atoms in total. The lowest BCUT2D eigenvalue weighted by atomic mass is 9.94. The lowest BCUT2D eigenvalue weighted by Gasteiger charge is -2.25. The van der Waals surface area contributed by atoms with Crippen molar-refractivity contribution in [1.29, 1.82) is 0 Å². The molecule has 0 saturated carbocycles. The minimum Gasteiger partial charge on any atom is -0.368 e. The van der Waals surface area contributed by atoms with Gasteiger partial charge < -0.3 is 5.73 Å². The molecule has 2 atom stereocenters. The Balaban J connectivity index is 2.84. The highest BCUT2D eigenvalue weighted by atomic mass is 16.1. The summed E-state index contributed by atoms with van der Waals surface area (Å²) in [6.45, 7) is 8.28. The van der Waals surface area contributed by atoms with E-state index in [9.17, 15) is 4.79 Å². The predicted octanol–water partition coefficient (Wildman–Crippen LogP) is 2.80. The monoisotopic (exact) mass is 262 g/mol. The molecule has 0 aromatic heterocycles. The summed E-state index contributed by atoms with van der Waals surface area (Å²) in [7, 11) is 0. The fourth-order valence-electron chi connectivity index (χ4n) is 2.21. The zero-order chi connectivity index (χ0) is 14.4. The molecular formula is C16H26N2O. The van der Waals surface area contributed by atoms with Gasteiger partial charge in [0.05, 0.1) is 6.04 Å². The first-order valence-electron chi connectivity index (χ1n) is 7.09. The van der Waals surface area contributed by atoms with E-state index in [2.05, 4.69) is 50.4 Å². The Bertz CT molecular complexity index is 398. The molecule has 1 amide bonds. The first-order valence-corrected chi connectivity index (χ1v) is 7.09. The highest BCUT2D eigenvalue weighted by Gasteiger charge is 2.20. The average molecular weight is 262 g/mol. The maximum Gasteiger partial charge on any atom is 0.234 e. The smallest absolute Gasteiger partial charge is 0.234 e.